The molecule has 1 aromatic rings. The van der Waals surface area contributed by atoms with Crippen molar-refractivity contribution in [3.63, 3.8) is 0 Å². The molecule has 1 rings (SSSR count). The van der Waals surface area contributed by atoms with Crippen molar-refractivity contribution < 1.29 is 0 Å². The van der Waals surface area contributed by atoms with E-state index in [2.05, 4.69) is 62.6 Å². The predicted octanol–water partition coefficient (Wildman–Crippen LogP) is 3.76. The zero-order chi connectivity index (χ0) is 12.9. The van der Waals surface area contributed by atoms with Crippen molar-refractivity contribution in [1.29, 1.82) is 0 Å². The largest absolute Gasteiger partial charge is 0.658 e. The lowest BCUT2D eigenvalue weighted by atomic mass is 9.93. The van der Waals surface area contributed by atoms with Crippen LogP contribution in [-0.2, 0) is 0 Å². The van der Waals surface area contributed by atoms with Crippen LogP contribution in [-0.4, -0.2) is 19.1 Å². The number of hydrogen-bond donors (Lipinski definition) is 1. The molecule has 0 unspecified atom stereocenters. The Morgan fingerprint density at radius 1 is 1.18 bits per heavy atom. The van der Waals surface area contributed by atoms with Gasteiger partial charge < -0.3 is 10.6 Å². The van der Waals surface area contributed by atoms with Gasteiger partial charge in [-0.15, -0.1) is 6.04 Å². The van der Waals surface area contributed by atoms with Crippen molar-refractivity contribution in [2.75, 3.05) is 13.6 Å². The first-order valence-electron chi connectivity index (χ1n) is 6.33. The third-order valence-electron chi connectivity index (χ3n) is 2.91. The van der Waals surface area contributed by atoms with Gasteiger partial charge in [-0.2, -0.15) is 7.05 Å². The maximum Gasteiger partial charge on any atom is 0.00966 e. The number of rotatable bonds is 5. The molecule has 0 aliphatic heterocycles. The predicted molar refractivity (Wildman–Crippen MR) is 75.4 cm³/mol. The number of benzene rings is 1. The Morgan fingerprint density at radius 2 is 1.76 bits per heavy atom. The highest BCUT2D eigenvalue weighted by Gasteiger charge is 2.14. The van der Waals surface area contributed by atoms with Gasteiger partial charge in [0.05, 0.1) is 0 Å². The molecule has 0 bridgehead atoms. The molecule has 96 valence electrons. The van der Waals surface area contributed by atoms with E-state index in [1.807, 2.05) is 13.1 Å². The molecular weight excluding hydrogens is 208 g/mol. The summed E-state index contributed by atoms with van der Waals surface area (Å²) in [6, 6.07) is 10.8. The Kier molecular flexibility index (Phi) is 5.16. The zero-order valence-electron chi connectivity index (χ0n) is 11.7. The van der Waals surface area contributed by atoms with Gasteiger partial charge in [0.1, 0.15) is 0 Å². The highest BCUT2D eigenvalue weighted by molar-refractivity contribution is 5.23. The summed E-state index contributed by atoms with van der Waals surface area (Å²) in [5, 5.41) is 8.07. The third-order valence-corrected chi connectivity index (χ3v) is 2.91. The minimum absolute atomic E-state index is 0.170. The van der Waals surface area contributed by atoms with E-state index in [9.17, 15) is 0 Å². The van der Waals surface area contributed by atoms with Crippen molar-refractivity contribution in [1.82, 2.24) is 5.32 Å². The quantitative estimate of drug-likeness (QED) is 0.823. The summed E-state index contributed by atoms with van der Waals surface area (Å²) in [5.74, 6) is 0.502. The molecule has 2 heteroatoms. The number of hydrogen-bond acceptors (Lipinski definition) is 1. The van der Waals surface area contributed by atoms with Gasteiger partial charge in [0.15, 0.2) is 0 Å². The van der Waals surface area contributed by atoms with Gasteiger partial charge in [-0.05, 0) is 33.2 Å². The van der Waals surface area contributed by atoms with Crippen LogP contribution in [0.15, 0.2) is 30.3 Å². The molecule has 0 spiro atoms. The van der Waals surface area contributed by atoms with Crippen molar-refractivity contribution in [3.05, 3.63) is 41.2 Å². The van der Waals surface area contributed by atoms with E-state index in [1.54, 1.807) is 0 Å². The first kappa shape index (κ1) is 14.2. The fraction of sp³-hybridized carbons (Fsp3) is 0.600. The zero-order valence-corrected chi connectivity index (χ0v) is 11.7. The van der Waals surface area contributed by atoms with Crippen LogP contribution in [0.25, 0.3) is 5.32 Å². The first-order chi connectivity index (χ1) is 7.94. The fourth-order valence-corrected chi connectivity index (χ4v) is 1.96. The number of nitrogens with zero attached hydrogens (tertiary/aromatic N) is 1. The lowest BCUT2D eigenvalue weighted by Gasteiger charge is -2.36. The summed E-state index contributed by atoms with van der Waals surface area (Å²) in [6.07, 6.45) is 0. The molecule has 17 heavy (non-hydrogen) atoms. The molecule has 0 aromatic heterocycles. The normalized spacial score (nSPS) is 15.6. The molecule has 0 saturated heterocycles. The summed E-state index contributed by atoms with van der Waals surface area (Å²) in [5.41, 5.74) is 1.47. The summed E-state index contributed by atoms with van der Waals surface area (Å²) in [4.78, 5) is 0. The summed E-state index contributed by atoms with van der Waals surface area (Å²) in [7, 11) is 1.91. The van der Waals surface area contributed by atoms with E-state index >= 15 is 0 Å². The van der Waals surface area contributed by atoms with Gasteiger partial charge in [-0.25, -0.2) is 0 Å². The standard InChI is InChI=1S/C15H25N2/c1-12(11-17-15(2,3)4)14(16-5)13-9-7-6-8-10-13/h6-10,12,14,17H,11H2,1-5H3/q-1/t12-,14+/m0/s1. The van der Waals surface area contributed by atoms with E-state index in [0.29, 0.717) is 5.92 Å². The topological polar surface area (TPSA) is 26.1 Å². The molecule has 1 aromatic carbocycles. The summed E-state index contributed by atoms with van der Waals surface area (Å²) < 4.78 is 0. The second-order valence-corrected chi connectivity index (χ2v) is 5.72. The van der Waals surface area contributed by atoms with Crippen LogP contribution in [0, 0.1) is 5.92 Å². The van der Waals surface area contributed by atoms with Crippen LogP contribution < -0.4 is 5.32 Å². The first-order valence-corrected chi connectivity index (χ1v) is 6.33. The summed E-state index contributed by atoms with van der Waals surface area (Å²) in [6.45, 7) is 9.82. The Hall–Kier alpha value is -0.860. The average molecular weight is 233 g/mol. The minimum atomic E-state index is 0.170. The second-order valence-electron chi connectivity index (χ2n) is 5.72. The molecule has 0 radical (unpaired) electrons. The lowest BCUT2D eigenvalue weighted by molar-refractivity contribution is 0.365. The van der Waals surface area contributed by atoms with Crippen LogP contribution >= 0.6 is 0 Å². The second kappa shape index (κ2) is 6.18. The summed E-state index contributed by atoms with van der Waals surface area (Å²) >= 11 is 0. The maximum absolute atomic E-state index is 4.52. The molecular formula is C15H25N2-. The van der Waals surface area contributed by atoms with Crippen LogP contribution in [0.1, 0.15) is 39.3 Å². The molecule has 0 saturated carbocycles. The Bertz CT molecular complexity index is 313. The molecule has 0 aliphatic rings. The molecule has 0 aliphatic carbocycles. The highest BCUT2D eigenvalue weighted by Crippen LogP contribution is 2.28. The van der Waals surface area contributed by atoms with E-state index in [0.717, 1.165) is 6.54 Å². The van der Waals surface area contributed by atoms with Gasteiger partial charge in [0, 0.05) is 5.54 Å². The lowest BCUT2D eigenvalue weighted by Crippen LogP contribution is -2.39. The molecule has 1 N–H and O–H groups in total. The van der Waals surface area contributed by atoms with Gasteiger partial charge in [-0.3, -0.25) is 0 Å². The van der Waals surface area contributed by atoms with Gasteiger partial charge in [0.25, 0.3) is 0 Å². The minimum Gasteiger partial charge on any atom is -0.658 e. The van der Waals surface area contributed by atoms with Crippen LogP contribution in [0.4, 0.5) is 0 Å². The molecule has 0 amide bonds. The van der Waals surface area contributed by atoms with Crippen LogP contribution in [0.2, 0.25) is 0 Å². The van der Waals surface area contributed by atoms with Crippen LogP contribution in [0.5, 0.6) is 0 Å². The van der Waals surface area contributed by atoms with Crippen molar-refractivity contribution in [2.45, 2.75) is 39.3 Å². The third kappa shape index (κ3) is 4.88. The smallest absolute Gasteiger partial charge is 0.00966 e. The van der Waals surface area contributed by atoms with Crippen LogP contribution in [0.3, 0.4) is 0 Å². The van der Waals surface area contributed by atoms with E-state index in [4.69, 9.17) is 0 Å². The number of nitrogens with one attached hydrogen (secondary N) is 1. The molecule has 2 atom stereocenters. The van der Waals surface area contributed by atoms with E-state index < -0.39 is 0 Å². The van der Waals surface area contributed by atoms with Crippen molar-refractivity contribution in [3.8, 4) is 0 Å². The fourth-order valence-electron chi connectivity index (χ4n) is 1.96. The average Bonchev–Trinajstić information content (AvgIpc) is 2.28. The Labute approximate surface area is 106 Å². The van der Waals surface area contributed by atoms with E-state index in [1.165, 1.54) is 5.56 Å². The van der Waals surface area contributed by atoms with Gasteiger partial charge >= 0.3 is 0 Å². The van der Waals surface area contributed by atoms with Crippen molar-refractivity contribution in [2.24, 2.45) is 5.92 Å². The highest BCUT2D eigenvalue weighted by atomic mass is 15.0. The Morgan fingerprint density at radius 3 is 2.24 bits per heavy atom. The maximum atomic E-state index is 4.52. The van der Waals surface area contributed by atoms with Gasteiger partial charge in [-0.1, -0.05) is 42.8 Å². The van der Waals surface area contributed by atoms with Crippen molar-refractivity contribution >= 4 is 0 Å². The molecule has 0 heterocycles. The van der Waals surface area contributed by atoms with E-state index in [-0.39, 0.29) is 11.6 Å². The monoisotopic (exact) mass is 233 g/mol. The molecule has 0 fully saturated rings. The Balaban J connectivity index is 2.62. The molecule has 2 nitrogen and oxygen atoms in total. The SMILES string of the molecule is C[N-][C@@H](c1ccccc1)[C@@H](C)CNC(C)(C)C. The van der Waals surface area contributed by atoms with Gasteiger partial charge in [0.2, 0.25) is 0 Å².